The summed E-state index contributed by atoms with van der Waals surface area (Å²) in [5, 5.41) is 4.49. The van der Waals surface area contributed by atoms with Crippen LogP contribution in [-0.2, 0) is 6.54 Å². The van der Waals surface area contributed by atoms with Crippen LogP contribution in [0.2, 0.25) is 0 Å². The average Bonchev–Trinajstić information content (AvgIpc) is 2.84. The maximum Gasteiger partial charge on any atom is 0.117 e. The molecule has 0 saturated heterocycles. The Morgan fingerprint density at radius 3 is 3.07 bits per heavy atom. The minimum Gasteiger partial charge on any atom is -0.468 e. The van der Waals surface area contributed by atoms with Crippen LogP contribution in [0.5, 0.6) is 0 Å². The third-order valence-electron chi connectivity index (χ3n) is 2.17. The summed E-state index contributed by atoms with van der Waals surface area (Å²) in [7, 11) is 0. The fourth-order valence-corrected chi connectivity index (χ4v) is 2.13. The minimum atomic E-state index is 0.272. The van der Waals surface area contributed by atoms with E-state index in [-0.39, 0.29) is 6.04 Å². The van der Waals surface area contributed by atoms with Crippen molar-refractivity contribution in [2.45, 2.75) is 26.4 Å². The van der Waals surface area contributed by atoms with Crippen molar-refractivity contribution in [3.05, 3.63) is 40.2 Å². The number of hydrogen-bond donors (Lipinski definition) is 1. The summed E-state index contributed by atoms with van der Waals surface area (Å²) in [4.78, 5) is 5.59. The molecule has 0 saturated carbocycles. The number of aryl methyl sites for hydroxylation is 1. The predicted octanol–water partition coefficient (Wildman–Crippen LogP) is 2.90. The number of hydrogen-bond acceptors (Lipinski definition) is 4. The second kappa shape index (κ2) is 4.59. The summed E-state index contributed by atoms with van der Waals surface area (Å²) >= 11 is 1.73. The maximum atomic E-state index is 5.25. The summed E-state index contributed by atoms with van der Waals surface area (Å²) in [6.45, 7) is 4.93. The van der Waals surface area contributed by atoms with E-state index in [1.54, 1.807) is 17.6 Å². The van der Waals surface area contributed by atoms with Gasteiger partial charge in [-0.1, -0.05) is 0 Å². The Labute approximate surface area is 93.2 Å². The SMILES string of the molecule is Cc1cnc(C(C)NCc2ccco2)s1. The van der Waals surface area contributed by atoms with Crippen molar-refractivity contribution < 1.29 is 4.42 Å². The molecule has 2 heterocycles. The van der Waals surface area contributed by atoms with Crippen molar-refractivity contribution in [3.8, 4) is 0 Å². The van der Waals surface area contributed by atoms with Crippen LogP contribution in [0.3, 0.4) is 0 Å². The second-order valence-corrected chi connectivity index (χ2v) is 4.76. The molecular weight excluding hydrogens is 208 g/mol. The van der Waals surface area contributed by atoms with Crippen molar-refractivity contribution in [1.29, 1.82) is 0 Å². The lowest BCUT2D eigenvalue weighted by Gasteiger charge is -2.08. The quantitative estimate of drug-likeness (QED) is 0.864. The van der Waals surface area contributed by atoms with Gasteiger partial charge >= 0.3 is 0 Å². The molecule has 0 radical (unpaired) electrons. The highest BCUT2D eigenvalue weighted by Gasteiger charge is 2.08. The van der Waals surface area contributed by atoms with Crippen LogP contribution in [0.15, 0.2) is 29.0 Å². The first-order valence-corrected chi connectivity index (χ1v) is 5.75. The fraction of sp³-hybridized carbons (Fsp3) is 0.364. The Morgan fingerprint density at radius 2 is 2.47 bits per heavy atom. The van der Waals surface area contributed by atoms with Gasteiger partial charge in [0.25, 0.3) is 0 Å². The summed E-state index contributed by atoms with van der Waals surface area (Å²) in [6, 6.07) is 4.14. The molecule has 0 aromatic carbocycles. The minimum absolute atomic E-state index is 0.272. The molecule has 1 N–H and O–H groups in total. The van der Waals surface area contributed by atoms with Crippen LogP contribution in [-0.4, -0.2) is 4.98 Å². The molecule has 0 aliphatic heterocycles. The Bertz CT molecular complexity index is 408. The zero-order valence-electron chi connectivity index (χ0n) is 8.86. The third-order valence-corrected chi connectivity index (χ3v) is 3.27. The highest BCUT2D eigenvalue weighted by atomic mass is 32.1. The van der Waals surface area contributed by atoms with E-state index in [1.165, 1.54) is 4.88 Å². The molecule has 2 aromatic heterocycles. The van der Waals surface area contributed by atoms with Crippen LogP contribution < -0.4 is 5.32 Å². The van der Waals surface area contributed by atoms with Crippen molar-refractivity contribution in [3.63, 3.8) is 0 Å². The van der Waals surface area contributed by atoms with E-state index in [1.807, 2.05) is 18.3 Å². The first-order valence-electron chi connectivity index (χ1n) is 4.94. The van der Waals surface area contributed by atoms with Crippen molar-refractivity contribution in [2.75, 3.05) is 0 Å². The van der Waals surface area contributed by atoms with Gasteiger partial charge in [-0.3, -0.25) is 0 Å². The summed E-state index contributed by atoms with van der Waals surface area (Å²) in [6.07, 6.45) is 3.60. The Balaban J connectivity index is 1.90. The van der Waals surface area contributed by atoms with E-state index in [0.717, 1.165) is 17.3 Å². The van der Waals surface area contributed by atoms with Crippen LogP contribution in [0.4, 0.5) is 0 Å². The fourth-order valence-electron chi connectivity index (χ4n) is 1.33. The van der Waals surface area contributed by atoms with Gasteiger partial charge in [0.05, 0.1) is 18.8 Å². The van der Waals surface area contributed by atoms with Gasteiger partial charge in [-0.25, -0.2) is 4.98 Å². The monoisotopic (exact) mass is 222 g/mol. The Kier molecular flexibility index (Phi) is 3.18. The van der Waals surface area contributed by atoms with Gasteiger partial charge in [-0.15, -0.1) is 11.3 Å². The molecule has 1 atom stereocenters. The Hall–Kier alpha value is -1.13. The van der Waals surface area contributed by atoms with Gasteiger partial charge in [0, 0.05) is 11.1 Å². The molecule has 0 bridgehead atoms. The van der Waals surface area contributed by atoms with Gasteiger partial charge in [-0.05, 0) is 26.0 Å². The van der Waals surface area contributed by atoms with Gasteiger partial charge in [0.2, 0.25) is 0 Å². The van der Waals surface area contributed by atoms with Crippen molar-refractivity contribution in [1.82, 2.24) is 10.3 Å². The zero-order chi connectivity index (χ0) is 10.7. The lowest BCUT2D eigenvalue weighted by Crippen LogP contribution is -2.17. The van der Waals surface area contributed by atoms with E-state index < -0.39 is 0 Å². The number of aromatic nitrogens is 1. The van der Waals surface area contributed by atoms with E-state index in [4.69, 9.17) is 4.42 Å². The standard InChI is InChI=1S/C11H14N2OS/c1-8-6-13-11(15-8)9(2)12-7-10-4-3-5-14-10/h3-6,9,12H,7H2,1-2H3. The summed E-state index contributed by atoms with van der Waals surface area (Å²) in [5.41, 5.74) is 0. The maximum absolute atomic E-state index is 5.25. The molecule has 80 valence electrons. The number of rotatable bonds is 4. The Morgan fingerprint density at radius 1 is 1.60 bits per heavy atom. The van der Waals surface area contributed by atoms with E-state index in [0.29, 0.717) is 0 Å². The van der Waals surface area contributed by atoms with Crippen LogP contribution in [0.25, 0.3) is 0 Å². The van der Waals surface area contributed by atoms with Crippen molar-refractivity contribution >= 4 is 11.3 Å². The molecule has 15 heavy (non-hydrogen) atoms. The second-order valence-electron chi connectivity index (χ2n) is 3.49. The lowest BCUT2D eigenvalue weighted by molar-refractivity contribution is 0.460. The highest BCUT2D eigenvalue weighted by Crippen LogP contribution is 2.19. The molecular formula is C11H14N2OS. The number of nitrogens with zero attached hydrogens (tertiary/aromatic N) is 1. The molecule has 0 spiro atoms. The largest absolute Gasteiger partial charge is 0.468 e. The van der Waals surface area contributed by atoms with Gasteiger partial charge in [0.1, 0.15) is 10.8 Å². The van der Waals surface area contributed by atoms with Gasteiger partial charge < -0.3 is 9.73 Å². The molecule has 0 amide bonds. The first kappa shape index (κ1) is 10.4. The zero-order valence-corrected chi connectivity index (χ0v) is 9.67. The molecule has 0 fully saturated rings. The predicted molar refractivity (Wildman–Crippen MR) is 60.8 cm³/mol. The first-order chi connectivity index (χ1) is 7.25. The summed E-state index contributed by atoms with van der Waals surface area (Å²) in [5.74, 6) is 0.954. The highest BCUT2D eigenvalue weighted by molar-refractivity contribution is 7.11. The normalized spacial score (nSPS) is 12.9. The topological polar surface area (TPSA) is 38.1 Å². The van der Waals surface area contributed by atoms with Crippen molar-refractivity contribution in [2.24, 2.45) is 0 Å². The molecule has 0 aliphatic carbocycles. The van der Waals surface area contributed by atoms with Crippen LogP contribution in [0.1, 0.15) is 28.6 Å². The number of furan rings is 1. The molecule has 4 heteroatoms. The molecule has 2 aromatic rings. The van der Waals surface area contributed by atoms with Crippen LogP contribution >= 0.6 is 11.3 Å². The molecule has 0 aliphatic rings. The molecule has 3 nitrogen and oxygen atoms in total. The number of thiazole rings is 1. The summed E-state index contributed by atoms with van der Waals surface area (Å²) < 4.78 is 5.25. The van der Waals surface area contributed by atoms with E-state index in [9.17, 15) is 0 Å². The van der Waals surface area contributed by atoms with Gasteiger partial charge in [0.15, 0.2) is 0 Å². The number of nitrogens with one attached hydrogen (secondary N) is 1. The third kappa shape index (κ3) is 2.67. The lowest BCUT2D eigenvalue weighted by atomic mass is 10.3. The van der Waals surface area contributed by atoms with E-state index in [2.05, 4.69) is 24.1 Å². The van der Waals surface area contributed by atoms with Gasteiger partial charge in [-0.2, -0.15) is 0 Å². The van der Waals surface area contributed by atoms with Crippen LogP contribution in [0, 0.1) is 6.92 Å². The van der Waals surface area contributed by atoms with E-state index >= 15 is 0 Å². The smallest absolute Gasteiger partial charge is 0.117 e. The molecule has 2 rings (SSSR count). The molecule has 1 unspecified atom stereocenters. The average molecular weight is 222 g/mol.